The van der Waals surface area contributed by atoms with E-state index in [9.17, 15) is 14.9 Å². The molecule has 122 valence electrons. The highest BCUT2D eigenvalue weighted by Gasteiger charge is 2.17. The number of nitrogens with zero attached hydrogens (tertiary/aromatic N) is 1. The van der Waals surface area contributed by atoms with E-state index in [2.05, 4.69) is 10.6 Å². The van der Waals surface area contributed by atoms with Crippen molar-refractivity contribution in [2.45, 2.75) is 39.3 Å². The Balaban J connectivity index is 2.58. The Morgan fingerprint density at radius 3 is 2.64 bits per heavy atom. The van der Waals surface area contributed by atoms with Crippen molar-refractivity contribution in [3.8, 4) is 0 Å². The smallest absolute Gasteiger partial charge is 0.407 e. The van der Waals surface area contributed by atoms with E-state index in [4.69, 9.17) is 16.3 Å². The van der Waals surface area contributed by atoms with E-state index in [0.29, 0.717) is 10.7 Å². The van der Waals surface area contributed by atoms with E-state index in [0.717, 1.165) is 0 Å². The Bertz CT molecular complexity index is 558. The molecule has 0 fully saturated rings. The number of benzene rings is 1. The average Bonchev–Trinajstić information content (AvgIpc) is 2.36. The molecule has 0 spiro atoms. The molecule has 22 heavy (non-hydrogen) atoms. The summed E-state index contributed by atoms with van der Waals surface area (Å²) in [7, 11) is 0. The van der Waals surface area contributed by atoms with Crippen LogP contribution in [0.25, 0.3) is 0 Å². The van der Waals surface area contributed by atoms with Crippen LogP contribution in [0.1, 0.15) is 27.7 Å². The molecule has 0 heterocycles. The van der Waals surface area contributed by atoms with Gasteiger partial charge in [-0.1, -0.05) is 11.6 Å². The van der Waals surface area contributed by atoms with E-state index in [1.54, 1.807) is 20.8 Å². The van der Waals surface area contributed by atoms with Crippen LogP contribution in [0.15, 0.2) is 18.2 Å². The molecular weight excluding hydrogens is 310 g/mol. The minimum absolute atomic E-state index is 0.0563. The Labute approximate surface area is 134 Å². The molecule has 0 aromatic heterocycles. The SMILES string of the molecule is CC(CNC(=O)OC(C)(C)C)Nc1cc([N+](=O)[O-])ccc1Cl. The van der Waals surface area contributed by atoms with Crippen LogP contribution in [-0.2, 0) is 4.74 Å². The molecule has 8 heteroatoms. The van der Waals surface area contributed by atoms with Crippen LogP contribution < -0.4 is 10.6 Å². The van der Waals surface area contributed by atoms with Crippen LogP contribution in [0.2, 0.25) is 5.02 Å². The molecule has 1 rings (SSSR count). The standard InChI is InChI=1S/C14H20ClN3O4/c1-9(8-16-13(19)22-14(2,3)4)17-12-7-10(18(20)21)5-6-11(12)15/h5-7,9,17H,8H2,1-4H3,(H,16,19). The van der Waals surface area contributed by atoms with E-state index in [-0.39, 0.29) is 18.3 Å². The topological polar surface area (TPSA) is 93.5 Å². The van der Waals surface area contributed by atoms with Gasteiger partial charge in [0.1, 0.15) is 5.60 Å². The van der Waals surface area contributed by atoms with E-state index in [1.165, 1.54) is 18.2 Å². The van der Waals surface area contributed by atoms with Gasteiger partial charge in [-0.15, -0.1) is 0 Å². The Kier molecular flexibility index (Phi) is 5.99. The van der Waals surface area contributed by atoms with Gasteiger partial charge in [0.25, 0.3) is 5.69 Å². The Morgan fingerprint density at radius 1 is 1.45 bits per heavy atom. The maximum absolute atomic E-state index is 11.5. The number of ether oxygens (including phenoxy) is 1. The predicted molar refractivity (Wildman–Crippen MR) is 85.4 cm³/mol. The van der Waals surface area contributed by atoms with Crippen molar-refractivity contribution in [1.82, 2.24) is 5.32 Å². The first-order valence-corrected chi connectivity index (χ1v) is 7.13. The van der Waals surface area contributed by atoms with E-state index in [1.807, 2.05) is 6.92 Å². The molecular formula is C14H20ClN3O4. The summed E-state index contributed by atoms with van der Waals surface area (Å²) in [6.07, 6.45) is -0.522. The molecule has 0 aliphatic heterocycles. The normalized spacial score (nSPS) is 12.4. The lowest BCUT2D eigenvalue weighted by Crippen LogP contribution is -2.38. The maximum atomic E-state index is 11.5. The minimum atomic E-state index is -0.565. The summed E-state index contributed by atoms with van der Waals surface area (Å²) in [6.45, 7) is 7.42. The monoisotopic (exact) mass is 329 g/mol. The first-order chi connectivity index (χ1) is 10.1. The van der Waals surface area contributed by atoms with Crippen molar-refractivity contribution >= 4 is 29.1 Å². The van der Waals surface area contributed by atoms with Crippen molar-refractivity contribution in [3.05, 3.63) is 33.3 Å². The number of hydrogen-bond acceptors (Lipinski definition) is 5. The lowest BCUT2D eigenvalue weighted by molar-refractivity contribution is -0.384. The number of carbonyl (C=O) groups excluding carboxylic acids is 1. The largest absolute Gasteiger partial charge is 0.444 e. The molecule has 1 amide bonds. The fourth-order valence-corrected chi connectivity index (χ4v) is 1.78. The molecule has 7 nitrogen and oxygen atoms in total. The summed E-state index contributed by atoms with van der Waals surface area (Å²) in [6, 6.07) is 3.95. The zero-order chi connectivity index (χ0) is 16.9. The number of non-ortho nitro benzene ring substituents is 1. The van der Waals surface area contributed by atoms with Gasteiger partial charge in [0, 0.05) is 24.7 Å². The highest BCUT2D eigenvalue weighted by Crippen LogP contribution is 2.27. The molecule has 0 aliphatic rings. The van der Waals surface area contributed by atoms with Gasteiger partial charge in [0.05, 0.1) is 15.6 Å². The lowest BCUT2D eigenvalue weighted by Gasteiger charge is -2.21. The van der Waals surface area contributed by atoms with Gasteiger partial charge in [-0.2, -0.15) is 0 Å². The Hall–Kier alpha value is -2.02. The third-order valence-electron chi connectivity index (χ3n) is 2.51. The van der Waals surface area contributed by atoms with Gasteiger partial charge >= 0.3 is 6.09 Å². The lowest BCUT2D eigenvalue weighted by atomic mass is 10.2. The van der Waals surface area contributed by atoms with Crippen molar-refractivity contribution in [3.63, 3.8) is 0 Å². The zero-order valence-electron chi connectivity index (χ0n) is 13.0. The summed E-state index contributed by atoms with van der Waals surface area (Å²) in [4.78, 5) is 21.8. The maximum Gasteiger partial charge on any atom is 0.407 e. The van der Waals surface area contributed by atoms with E-state index < -0.39 is 16.6 Å². The number of alkyl carbamates (subject to hydrolysis) is 1. The average molecular weight is 330 g/mol. The molecule has 1 atom stereocenters. The van der Waals surface area contributed by atoms with Crippen molar-refractivity contribution in [1.29, 1.82) is 0 Å². The molecule has 0 saturated heterocycles. The summed E-state index contributed by atoms with van der Waals surface area (Å²) in [5.41, 5.74) is -0.182. The number of amides is 1. The first kappa shape index (κ1) is 18.0. The number of nitro benzene ring substituents is 1. The second-order valence-electron chi connectivity index (χ2n) is 5.85. The van der Waals surface area contributed by atoms with Gasteiger partial charge in [0.2, 0.25) is 0 Å². The summed E-state index contributed by atoms with van der Waals surface area (Å²) < 4.78 is 5.12. The van der Waals surface area contributed by atoms with Gasteiger partial charge in [0.15, 0.2) is 0 Å². The van der Waals surface area contributed by atoms with Crippen LogP contribution in [0.3, 0.4) is 0 Å². The highest BCUT2D eigenvalue weighted by atomic mass is 35.5. The van der Waals surface area contributed by atoms with Gasteiger partial charge in [-0.25, -0.2) is 4.79 Å². The zero-order valence-corrected chi connectivity index (χ0v) is 13.7. The highest BCUT2D eigenvalue weighted by molar-refractivity contribution is 6.33. The summed E-state index contributed by atoms with van der Waals surface area (Å²) in [5.74, 6) is 0. The van der Waals surface area contributed by atoms with Gasteiger partial charge in [-0.3, -0.25) is 10.1 Å². The van der Waals surface area contributed by atoms with Crippen LogP contribution in [0, 0.1) is 10.1 Å². The van der Waals surface area contributed by atoms with Crippen molar-refractivity contribution < 1.29 is 14.5 Å². The summed E-state index contributed by atoms with van der Waals surface area (Å²) >= 11 is 6.00. The van der Waals surface area contributed by atoms with Crippen LogP contribution in [-0.4, -0.2) is 29.2 Å². The number of nitro groups is 1. The minimum Gasteiger partial charge on any atom is -0.444 e. The fourth-order valence-electron chi connectivity index (χ4n) is 1.60. The van der Waals surface area contributed by atoms with Crippen LogP contribution >= 0.6 is 11.6 Å². The molecule has 1 aromatic rings. The molecule has 1 aromatic carbocycles. The third kappa shape index (κ3) is 6.17. The summed E-state index contributed by atoms with van der Waals surface area (Å²) in [5, 5.41) is 16.8. The molecule has 0 aliphatic carbocycles. The first-order valence-electron chi connectivity index (χ1n) is 6.76. The van der Waals surface area contributed by atoms with Crippen LogP contribution in [0.5, 0.6) is 0 Å². The van der Waals surface area contributed by atoms with Gasteiger partial charge in [-0.05, 0) is 33.8 Å². The number of hydrogen-bond donors (Lipinski definition) is 2. The third-order valence-corrected chi connectivity index (χ3v) is 2.84. The molecule has 0 radical (unpaired) electrons. The number of rotatable bonds is 5. The second kappa shape index (κ2) is 7.31. The van der Waals surface area contributed by atoms with Gasteiger partial charge < -0.3 is 15.4 Å². The molecule has 0 saturated carbocycles. The Morgan fingerprint density at radius 2 is 2.09 bits per heavy atom. The molecule has 2 N–H and O–H groups in total. The second-order valence-corrected chi connectivity index (χ2v) is 6.26. The predicted octanol–water partition coefficient (Wildman–Crippen LogP) is 3.57. The van der Waals surface area contributed by atoms with Crippen molar-refractivity contribution in [2.24, 2.45) is 0 Å². The number of halogens is 1. The van der Waals surface area contributed by atoms with E-state index >= 15 is 0 Å². The quantitative estimate of drug-likeness (QED) is 0.636. The number of nitrogens with one attached hydrogen (secondary N) is 2. The number of carbonyl (C=O) groups is 1. The fraction of sp³-hybridized carbons (Fsp3) is 0.500. The number of anilines is 1. The van der Waals surface area contributed by atoms with Crippen molar-refractivity contribution in [2.75, 3.05) is 11.9 Å². The van der Waals surface area contributed by atoms with Crippen LogP contribution in [0.4, 0.5) is 16.2 Å². The molecule has 0 bridgehead atoms. The molecule has 1 unspecified atom stereocenters.